The number of carboxylic acids is 1. The molecule has 184 valence electrons. The van der Waals surface area contributed by atoms with Crippen LogP contribution in [0.2, 0.25) is 0 Å². The van der Waals surface area contributed by atoms with Gasteiger partial charge in [0.2, 0.25) is 5.91 Å². The maximum atomic E-state index is 13.2. The van der Waals surface area contributed by atoms with Crippen molar-refractivity contribution >= 4 is 18.0 Å². The number of rotatable bonds is 6. The second-order valence-corrected chi connectivity index (χ2v) is 9.61. The first kappa shape index (κ1) is 23.4. The summed E-state index contributed by atoms with van der Waals surface area (Å²) in [6, 6.07) is 15.5. The van der Waals surface area contributed by atoms with Crippen LogP contribution in [0.1, 0.15) is 36.3 Å². The third-order valence-electron chi connectivity index (χ3n) is 7.69. The topological polar surface area (TPSA) is 105 Å². The number of likely N-dealkylation sites (N-methyl/N-ethyl adjacent to an activating group) is 1. The van der Waals surface area contributed by atoms with Gasteiger partial charge in [0, 0.05) is 19.0 Å². The van der Waals surface area contributed by atoms with E-state index in [1.165, 1.54) is 4.90 Å². The molecule has 2 unspecified atom stereocenters. The predicted octanol–water partition coefficient (Wildman–Crippen LogP) is 3.25. The molecule has 2 amide bonds. The Morgan fingerprint density at radius 3 is 2.31 bits per heavy atom. The third-order valence-corrected chi connectivity index (χ3v) is 7.69. The van der Waals surface area contributed by atoms with Crippen LogP contribution in [-0.2, 0) is 19.1 Å². The minimum atomic E-state index is -0.966. The van der Waals surface area contributed by atoms with Gasteiger partial charge in [0.05, 0.1) is 25.2 Å². The Morgan fingerprint density at radius 2 is 1.66 bits per heavy atom. The monoisotopic (exact) mass is 478 g/mol. The summed E-state index contributed by atoms with van der Waals surface area (Å²) in [4.78, 5) is 39.0. The van der Waals surface area contributed by atoms with Crippen LogP contribution in [0.5, 0.6) is 0 Å². The van der Waals surface area contributed by atoms with Crippen LogP contribution in [0.25, 0.3) is 11.1 Å². The lowest BCUT2D eigenvalue weighted by molar-refractivity contribution is -0.145. The number of ether oxygens (including phenoxy) is 2. The van der Waals surface area contributed by atoms with Crippen molar-refractivity contribution in [2.24, 2.45) is 11.8 Å². The molecule has 1 saturated carbocycles. The summed E-state index contributed by atoms with van der Waals surface area (Å²) in [6.07, 6.45) is 1.59. The molecule has 2 aromatic carbocycles. The lowest BCUT2D eigenvalue weighted by Gasteiger charge is -2.31. The van der Waals surface area contributed by atoms with Crippen LogP contribution in [0.4, 0.5) is 4.79 Å². The van der Waals surface area contributed by atoms with Gasteiger partial charge in [-0.25, -0.2) is 4.79 Å². The Balaban J connectivity index is 1.21. The molecule has 8 nitrogen and oxygen atoms in total. The summed E-state index contributed by atoms with van der Waals surface area (Å²) in [6.45, 7) is 0.519. The van der Waals surface area contributed by atoms with E-state index in [9.17, 15) is 19.5 Å². The zero-order valence-corrected chi connectivity index (χ0v) is 19.7. The molecular weight excluding hydrogens is 448 g/mol. The molecule has 0 spiro atoms. The second kappa shape index (κ2) is 9.70. The zero-order valence-electron chi connectivity index (χ0n) is 19.7. The molecule has 0 bridgehead atoms. The highest BCUT2D eigenvalue weighted by Gasteiger charge is 2.43. The molecule has 5 rings (SSSR count). The van der Waals surface area contributed by atoms with E-state index in [1.807, 2.05) is 24.3 Å². The van der Waals surface area contributed by atoms with Crippen LogP contribution >= 0.6 is 0 Å². The van der Waals surface area contributed by atoms with Gasteiger partial charge < -0.3 is 24.8 Å². The maximum Gasteiger partial charge on any atom is 0.407 e. The smallest absolute Gasteiger partial charge is 0.407 e. The summed E-state index contributed by atoms with van der Waals surface area (Å²) in [5.41, 5.74) is 4.61. The van der Waals surface area contributed by atoms with E-state index < -0.39 is 29.9 Å². The molecule has 4 atom stereocenters. The SMILES string of the molecule is CN(C(=O)[C@H]1CCC[C@H]1NC(=O)OCC1c2ccccc2-c2ccccc21)C1COCC1C(=O)O. The first-order valence-corrected chi connectivity index (χ1v) is 12.1. The molecule has 1 aliphatic heterocycles. The number of alkyl carbamates (subject to hydrolysis) is 1. The first-order valence-electron chi connectivity index (χ1n) is 12.1. The lowest BCUT2D eigenvalue weighted by Crippen LogP contribution is -2.50. The van der Waals surface area contributed by atoms with Crippen LogP contribution in [0.15, 0.2) is 48.5 Å². The highest BCUT2D eigenvalue weighted by atomic mass is 16.5. The number of fused-ring (bicyclic) bond motifs is 3. The summed E-state index contributed by atoms with van der Waals surface area (Å²) in [5.74, 6) is -2.30. The van der Waals surface area contributed by atoms with E-state index >= 15 is 0 Å². The van der Waals surface area contributed by atoms with E-state index in [2.05, 4.69) is 29.6 Å². The van der Waals surface area contributed by atoms with Gasteiger partial charge in [0.1, 0.15) is 12.5 Å². The van der Waals surface area contributed by atoms with Crippen molar-refractivity contribution < 1.29 is 29.0 Å². The molecule has 2 aromatic rings. The number of benzene rings is 2. The number of carbonyl (C=O) groups is 3. The fourth-order valence-corrected chi connectivity index (χ4v) is 5.81. The zero-order chi connectivity index (χ0) is 24.5. The van der Waals surface area contributed by atoms with E-state index in [4.69, 9.17) is 9.47 Å². The summed E-state index contributed by atoms with van der Waals surface area (Å²) < 4.78 is 11.0. The van der Waals surface area contributed by atoms with Crippen LogP contribution in [0, 0.1) is 11.8 Å². The standard InChI is InChI=1S/C27H30N2O6/c1-29(24-15-34-13-22(24)26(31)32)25(30)20-11-6-12-23(20)28-27(33)35-14-21-18-9-4-2-7-16(18)17-8-3-5-10-19(17)21/h2-5,7-10,20-24H,6,11-15H2,1H3,(H,28,33)(H,31,32)/t20-,22?,23+,24?/m0/s1. The van der Waals surface area contributed by atoms with E-state index in [0.29, 0.717) is 12.8 Å². The van der Waals surface area contributed by atoms with Crippen molar-refractivity contribution in [1.29, 1.82) is 0 Å². The molecule has 1 heterocycles. The Labute approximate surface area is 204 Å². The lowest BCUT2D eigenvalue weighted by atomic mass is 9.97. The Kier molecular flexibility index (Phi) is 6.47. The molecule has 2 fully saturated rings. The van der Waals surface area contributed by atoms with Gasteiger partial charge in [0.15, 0.2) is 0 Å². The number of amides is 2. The van der Waals surface area contributed by atoms with Gasteiger partial charge in [-0.1, -0.05) is 55.0 Å². The highest BCUT2D eigenvalue weighted by Crippen LogP contribution is 2.44. The molecule has 0 aromatic heterocycles. The third kappa shape index (κ3) is 4.38. The van der Waals surface area contributed by atoms with Gasteiger partial charge >= 0.3 is 12.1 Å². The average molecular weight is 479 g/mol. The molecule has 0 radical (unpaired) electrons. The largest absolute Gasteiger partial charge is 0.481 e. The fourth-order valence-electron chi connectivity index (χ4n) is 5.81. The number of hydrogen-bond donors (Lipinski definition) is 2. The van der Waals surface area contributed by atoms with E-state index in [0.717, 1.165) is 28.7 Å². The predicted molar refractivity (Wildman–Crippen MR) is 128 cm³/mol. The van der Waals surface area contributed by atoms with Crippen molar-refractivity contribution in [3.05, 3.63) is 59.7 Å². The second-order valence-electron chi connectivity index (χ2n) is 9.61. The Hall–Kier alpha value is -3.39. The number of nitrogens with one attached hydrogen (secondary N) is 1. The number of hydrogen-bond acceptors (Lipinski definition) is 5. The van der Waals surface area contributed by atoms with Crippen molar-refractivity contribution in [3.63, 3.8) is 0 Å². The van der Waals surface area contributed by atoms with Crippen molar-refractivity contribution in [1.82, 2.24) is 10.2 Å². The maximum absolute atomic E-state index is 13.2. The van der Waals surface area contributed by atoms with E-state index in [-0.39, 0.29) is 37.7 Å². The van der Waals surface area contributed by atoms with Crippen LogP contribution < -0.4 is 5.32 Å². The Bertz CT molecular complexity index is 1090. The molecule has 2 aliphatic carbocycles. The van der Waals surface area contributed by atoms with Gasteiger partial charge in [0.25, 0.3) is 0 Å². The van der Waals surface area contributed by atoms with Gasteiger partial charge in [-0.2, -0.15) is 0 Å². The quantitative estimate of drug-likeness (QED) is 0.660. The highest BCUT2D eigenvalue weighted by molar-refractivity contribution is 5.82. The van der Waals surface area contributed by atoms with Crippen molar-refractivity contribution in [2.75, 3.05) is 26.9 Å². The number of carboxylic acid groups (broad SMARTS) is 1. The van der Waals surface area contributed by atoms with Gasteiger partial charge in [-0.15, -0.1) is 0 Å². The fraction of sp³-hybridized carbons (Fsp3) is 0.444. The number of nitrogens with zero attached hydrogens (tertiary/aromatic N) is 1. The van der Waals surface area contributed by atoms with Gasteiger partial charge in [-0.05, 0) is 35.1 Å². The molecule has 1 saturated heterocycles. The summed E-state index contributed by atoms with van der Waals surface area (Å²) >= 11 is 0. The van der Waals surface area contributed by atoms with Gasteiger partial charge in [-0.3, -0.25) is 9.59 Å². The minimum Gasteiger partial charge on any atom is -0.481 e. The minimum absolute atomic E-state index is 0.0318. The van der Waals surface area contributed by atoms with Crippen molar-refractivity contribution in [3.8, 4) is 11.1 Å². The van der Waals surface area contributed by atoms with Crippen LogP contribution in [-0.4, -0.2) is 66.9 Å². The molecular formula is C27H30N2O6. The average Bonchev–Trinajstić information content (AvgIpc) is 3.60. The molecule has 3 aliphatic rings. The molecule has 8 heteroatoms. The number of carbonyl (C=O) groups excluding carboxylic acids is 2. The van der Waals surface area contributed by atoms with Crippen molar-refractivity contribution in [2.45, 2.75) is 37.3 Å². The first-order chi connectivity index (χ1) is 17.0. The summed E-state index contributed by atoms with van der Waals surface area (Å²) in [5, 5.41) is 12.3. The Morgan fingerprint density at radius 1 is 1.00 bits per heavy atom. The van der Waals surface area contributed by atoms with Crippen LogP contribution in [0.3, 0.4) is 0 Å². The summed E-state index contributed by atoms with van der Waals surface area (Å²) in [7, 11) is 1.63. The normalized spacial score (nSPS) is 25.1. The van der Waals surface area contributed by atoms with E-state index in [1.54, 1.807) is 7.05 Å². The number of aliphatic carboxylic acids is 1. The molecule has 35 heavy (non-hydrogen) atoms. The molecule has 2 N–H and O–H groups in total.